The Kier molecular flexibility index (Phi) is 4.68. The Labute approximate surface area is 126 Å². The normalized spacial score (nSPS) is 22.2. The maximum Gasteiger partial charge on any atom is 0.224 e. The summed E-state index contributed by atoms with van der Waals surface area (Å²) in [5.41, 5.74) is 1.11. The van der Waals surface area contributed by atoms with E-state index in [1.54, 1.807) is 4.90 Å². The van der Waals surface area contributed by atoms with E-state index in [9.17, 15) is 13.2 Å². The third-order valence-electron chi connectivity index (χ3n) is 3.95. The zero-order valence-corrected chi connectivity index (χ0v) is 13.5. The van der Waals surface area contributed by atoms with E-state index >= 15 is 0 Å². The molecule has 1 fully saturated rings. The Hall–Kier alpha value is -1.40. The van der Waals surface area contributed by atoms with Gasteiger partial charge in [-0.15, -0.1) is 0 Å². The fraction of sp³-hybridized carbons (Fsp3) is 0.533. The van der Waals surface area contributed by atoms with Crippen molar-refractivity contribution in [2.24, 2.45) is 5.92 Å². The van der Waals surface area contributed by atoms with Crippen molar-refractivity contribution in [2.75, 3.05) is 26.4 Å². The fourth-order valence-electron chi connectivity index (χ4n) is 2.65. The second-order valence-corrected chi connectivity index (χ2v) is 8.03. The summed E-state index contributed by atoms with van der Waals surface area (Å²) in [6.07, 6.45) is 0.0383. The van der Waals surface area contributed by atoms with Gasteiger partial charge in [0.25, 0.3) is 0 Å². The van der Waals surface area contributed by atoms with E-state index < -0.39 is 10.0 Å². The minimum atomic E-state index is -3.32. The van der Waals surface area contributed by atoms with Gasteiger partial charge < -0.3 is 4.90 Å². The molecule has 1 aliphatic heterocycles. The number of rotatable bonds is 5. The lowest BCUT2D eigenvalue weighted by molar-refractivity contribution is -0.143. The molecule has 1 amide bonds. The number of nitrogens with zero attached hydrogens (tertiary/aromatic N) is 2. The van der Waals surface area contributed by atoms with Gasteiger partial charge in [-0.3, -0.25) is 4.79 Å². The van der Waals surface area contributed by atoms with E-state index in [0.717, 1.165) is 9.87 Å². The van der Waals surface area contributed by atoms with Crippen LogP contribution < -0.4 is 0 Å². The van der Waals surface area contributed by atoms with Crippen LogP contribution in [0.2, 0.25) is 0 Å². The van der Waals surface area contributed by atoms with Crippen LogP contribution in [0.4, 0.5) is 0 Å². The smallest absolute Gasteiger partial charge is 0.224 e. The maximum absolute atomic E-state index is 12.3. The fourth-order valence-corrected chi connectivity index (χ4v) is 3.45. The predicted octanol–water partition coefficient (Wildman–Crippen LogP) is 1.49. The van der Waals surface area contributed by atoms with Crippen molar-refractivity contribution in [1.29, 1.82) is 0 Å². The molecule has 0 spiro atoms. The number of carbonyl (C=O) groups excluding carboxylic acids is 1. The molecule has 2 rings (SSSR count). The molecule has 21 heavy (non-hydrogen) atoms. The molecule has 0 aliphatic carbocycles. The molecule has 0 N–H and O–H groups in total. The Morgan fingerprint density at radius 1 is 1.29 bits per heavy atom. The maximum atomic E-state index is 12.3. The van der Waals surface area contributed by atoms with Crippen LogP contribution >= 0.6 is 0 Å². The van der Waals surface area contributed by atoms with Gasteiger partial charge in [0, 0.05) is 27.1 Å². The lowest BCUT2D eigenvalue weighted by Crippen LogP contribution is -2.51. The lowest BCUT2D eigenvalue weighted by Gasteiger charge is -2.47. The second kappa shape index (κ2) is 6.15. The van der Waals surface area contributed by atoms with Gasteiger partial charge in [-0.1, -0.05) is 37.3 Å². The first kappa shape index (κ1) is 16.0. The Morgan fingerprint density at radius 2 is 1.90 bits per heavy atom. The van der Waals surface area contributed by atoms with E-state index in [1.165, 1.54) is 14.1 Å². The molecule has 5 nitrogen and oxygen atoms in total. The van der Waals surface area contributed by atoms with Crippen LogP contribution in [0.25, 0.3) is 0 Å². The van der Waals surface area contributed by atoms with Crippen LogP contribution in [-0.4, -0.2) is 49.9 Å². The van der Waals surface area contributed by atoms with E-state index in [1.807, 2.05) is 30.3 Å². The number of benzene rings is 1. The molecule has 1 aromatic rings. The van der Waals surface area contributed by atoms with Crippen molar-refractivity contribution < 1.29 is 13.2 Å². The van der Waals surface area contributed by atoms with Gasteiger partial charge in [0.15, 0.2) is 0 Å². The van der Waals surface area contributed by atoms with Gasteiger partial charge >= 0.3 is 0 Å². The molecule has 0 bridgehead atoms. The molecule has 0 radical (unpaired) electrons. The molecular weight excluding hydrogens is 288 g/mol. The lowest BCUT2D eigenvalue weighted by atomic mass is 9.84. The summed E-state index contributed by atoms with van der Waals surface area (Å²) in [6, 6.07) is 9.96. The predicted molar refractivity (Wildman–Crippen MR) is 82.2 cm³/mol. The van der Waals surface area contributed by atoms with Gasteiger partial charge in [-0.2, -0.15) is 0 Å². The molecule has 0 unspecified atom stereocenters. The Morgan fingerprint density at radius 3 is 2.43 bits per heavy atom. The molecule has 0 saturated carbocycles. The van der Waals surface area contributed by atoms with Gasteiger partial charge in [-0.05, 0) is 11.5 Å². The summed E-state index contributed by atoms with van der Waals surface area (Å²) in [6.45, 7) is 2.80. The van der Waals surface area contributed by atoms with Crippen molar-refractivity contribution in [3.8, 4) is 0 Å². The number of hydrogen-bond donors (Lipinski definition) is 0. The molecule has 1 aromatic carbocycles. The summed E-state index contributed by atoms with van der Waals surface area (Å²) in [5.74, 6) is 0.180. The van der Waals surface area contributed by atoms with Crippen LogP contribution in [0, 0.1) is 5.92 Å². The van der Waals surface area contributed by atoms with Gasteiger partial charge in [0.1, 0.15) is 0 Å². The summed E-state index contributed by atoms with van der Waals surface area (Å²) < 4.78 is 24.6. The number of amides is 1. The molecule has 1 aliphatic rings. The monoisotopic (exact) mass is 310 g/mol. The number of carbonyl (C=O) groups is 1. The number of sulfonamides is 1. The topological polar surface area (TPSA) is 57.7 Å². The first-order valence-corrected chi connectivity index (χ1v) is 8.68. The summed E-state index contributed by atoms with van der Waals surface area (Å²) in [7, 11) is -0.352. The van der Waals surface area contributed by atoms with Crippen molar-refractivity contribution in [3.05, 3.63) is 35.9 Å². The van der Waals surface area contributed by atoms with Crippen LogP contribution in [0.15, 0.2) is 30.3 Å². The minimum Gasteiger partial charge on any atom is -0.335 e. The van der Waals surface area contributed by atoms with Gasteiger partial charge in [0.2, 0.25) is 15.9 Å². The Bertz CT molecular complexity index is 599. The van der Waals surface area contributed by atoms with Crippen LogP contribution in [0.5, 0.6) is 0 Å². The van der Waals surface area contributed by atoms with Gasteiger partial charge in [0.05, 0.1) is 11.8 Å². The van der Waals surface area contributed by atoms with E-state index in [0.29, 0.717) is 12.5 Å². The van der Waals surface area contributed by atoms with Crippen LogP contribution in [0.3, 0.4) is 0 Å². The molecule has 1 saturated heterocycles. The molecule has 1 heterocycles. The summed E-state index contributed by atoms with van der Waals surface area (Å²) >= 11 is 0. The molecule has 0 aromatic heterocycles. The van der Waals surface area contributed by atoms with E-state index in [2.05, 4.69) is 6.92 Å². The van der Waals surface area contributed by atoms with E-state index in [-0.39, 0.29) is 24.1 Å². The SMILES string of the molecule is C[C@@H]1CN(C(=O)CCS(=O)(=O)N(C)C)[C@H]1c1ccccc1. The Balaban J connectivity index is 2.01. The standard InChI is InChI=1S/C15H22N2O3S/c1-12-11-17(15(12)13-7-5-4-6-8-13)14(18)9-10-21(19,20)16(2)3/h4-8,12,15H,9-11H2,1-3H3/t12-,15-/m1/s1. The zero-order chi connectivity index (χ0) is 15.6. The highest BCUT2D eigenvalue weighted by atomic mass is 32.2. The van der Waals surface area contributed by atoms with Gasteiger partial charge in [-0.25, -0.2) is 12.7 Å². The first-order chi connectivity index (χ1) is 9.83. The summed E-state index contributed by atoms with van der Waals surface area (Å²) in [5, 5.41) is 0. The van der Waals surface area contributed by atoms with Crippen molar-refractivity contribution in [2.45, 2.75) is 19.4 Å². The number of likely N-dealkylation sites (tertiary alicyclic amines) is 1. The highest BCUT2D eigenvalue weighted by Gasteiger charge is 2.39. The third-order valence-corrected chi connectivity index (χ3v) is 5.78. The largest absolute Gasteiger partial charge is 0.335 e. The highest BCUT2D eigenvalue weighted by Crippen LogP contribution is 2.38. The third kappa shape index (κ3) is 3.44. The summed E-state index contributed by atoms with van der Waals surface area (Å²) in [4.78, 5) is 14.0. The number of hydrogen-bond acceptors (Lipinski definition) is 3. The minimum absolute atomic E-state index is 0.0383. The van der Waals surface area contributed by atoms with E-state index in [4.69, 9.17) is 0 Å². The molecule has 2 atom stereocenters. The first-order valence-electron chi connectivity index (χ1n) is 7.07. The highest BCUT2D eigenvalue weighted by molar-refractivity contribution is 7.89. The zero-order valence-electron chi connectivity index (χ0n) is 12.7. The second-order valence-electron chi connectivity index (χ2n) is 5.73. The van der Waals surface area contributed by atoms with Crippen LogP contribution in [0.1, 0.15) is 24.9 Å². The van der Waals surface area contributed by atoms with Crippen molar-refractivity contribution in [1.82, 2.24) is 9.21 Å². The quantitative estimate of drug-likeness (QED) is 0.828. The average Bonchev–Trinajstić information content (AvgIpc) is 2.43. The van der Waals surface area contributed by atoms with Crippen molar-refractivity contribution in [3.63, 3.8) is 0 Å². The average molecular weight is 310 g/mol. The molecule has 6 heteroatoms. The van der Waals surface area contributed by atoms with Crippen molar-refractivity contribution >= 4 is 15.9 Å². The molecular formula is C15H22N2O3S. The van der Waals surface area contributed by atoms with Crippen LogP contribution in [-0.2, 0) is 14.8 Å². The molecule has 116 valence electrons.